The van der Waals surface area contributed by atoms with Gasteiger partial charge in [0.25, 0.3) is 0 Å². The quantitative estimate of drug-likeness (QED) is 0.746. The number of phosphoric ester groups is 1. The van der Waals surface area contributed by atoms with Gasteiger partial charge < -0.3 is 9.47 Å². The van der Waals surface area contributed by atoms with E-state index in [-0.39, 0.29) is 31.9 Å². The summed E-state index contributed by atoms with van der Waals surface area (Å²) in [5, 5.41) is 0. The fourth-order valence-electron chi connectivity index (χ4n) is 2.64. The molecule has 3 saturated heterocycles. The highest BCUT2D eigenvalue weighted by molar-refractivity contribution is 7.48. The maximum Gasteiger partial charge on any atom is 0.475 e. The van der Waals surface area contributed by atoms with Crippen LogP contribution >= 0.6 is 7.82 Å². The Kier molecular flexibility index (Phi) is 3.49. The molecular weight excluding hydrogens is 283 g/mol. The lowest BCUT2D eigenvalue weighted by Crippen LogP contribution is -2.36. The summed E-state index contributed by atoms with van der Waals surface area (Å²) in [7, 11) is -3.78. The van der Waals surface area contributed by atoms with Crippen LogP contribution in [-0.2, 0) is 27.6 Å². The minimum atomic E-state index is -3.78. The van der Waals surface area contributed by atoms with Gasteiger partial charge in [-0.3, -0.25) is 13.6 Å². The van der Waals surface area contributed by atoms with E-state index in [1.54, 1.807) is 0 Å². The first-order chi connectivity index (χ1) is 10.9. The monoisotopic (exact) mass is 311 g/mol. The molecule has 3 heterocycles. The van der Waals surface area contributed by atoms with Crippen molar-refractivity contribution in [2.75, 3.05) is 19.8 Å². The molecule has 0 amide bonds. The van der Waals surface area contributed by atoms with E-state index < -0.39 is 39.3 Å². The maximum atomic E-state index is 12.8. The van der Waals surface area contributed by atoms with Gasteiger partial charge in [-0.2, -0.15) is 0 Å². The summed E-state index contributed by atoms with van der Waals surface area (Å²) >= 11 is 0. The molecule has 3 aliphatic heterocycles. The molecule has 7 heteroatoms. The molecule has 0 saturated carbocycles. The summed E-state index contributed by atoms with van der Waals surface area (Å²) in [5.74, 6) is 0.141. The van der Waals surface area contributed by atoms with Crippen molar-refractivity contribution in [3.63, 3.8) is 0 Å². The first-order valence-corrected chi connectivity index (χ1v) is 8.42. The van der Waals surface area contributed by atoms with E-state index in [0.29, 0.717) is 12.8 Å². The number of phosphoric acid groups is 1. The fourth-order valence-corrected chi connectivity index (χ4v) is 4.25. The zero-order valence-corrected chi connectivity index (χ0v) is 12.4. The molecular formula is C13H23O6P. The Labute approximate surface area is 123 Å². The van der Waals surface area contributed by atoms with Crippen LogP contribution in [0.25, 0.3) is 0 Å². The van der Waals surface area contributed by atoms with Crippen LogP contribution in [0, 0.1) is 5.92 Å². The third kappa shape index (κ3) is 3.11. The Morgan fingerprint density at radius 2 is 2.20 bits per heavy atom. The van der Waals surface area contributed by atoms with Gasteiger partial charge in [0.1, 0.15) is 0 Å². The summed E-state index contributed by atoms with van der Waals surface area (Å²) in [6, 6.07) is 0. The molecule has 0 aromatic rings. The van der Waals surface area contributed by atoms with Gasteiger partial charge in [-0.25, -0.2) is 4.57 Å². The summed E-state index contributed by atoms with van der Waals surface area (Å²) < 4.78 is 62.6. The van der Waals surface area contributed by atoms with Crippen molar-refractivity contribution in [3.05, 3.63) is 0 Å². The van der Waals surface area contributed by atoms with Crippen LogP contribution in [0.15, 0.2) is 0 Å². The summed E-state index contributed by atoms with van der Waals surface area (Å²) in [4.78, 5) is 0. The Balaban J connectivity index is 1.64. The van der Waals surface area contributed by atoms with Gasteiger partial charge in [0.15, 0.2) is 0 Å². The third-order valence-corrected chi connectivity index (χ3v) is 5.40. The highest BCUT2D eigenvalue weighted by Crippen LogP contribution is 2.56. The fraction of sp³-hybridized carbons (Fsp3) is 1.00. The van der Waals surface area contributed by atoms with Crippen molar-refractivity contribution < 1.29 is 31.7 Å². The van der Waals surface area contributed by atoms with Crippen LogP contribution in [0.2, 0.25) is 0 Å². The Morgan fingerprint density at radius 3 is 2.95 bits per heavy atom. The second-order valence-corrected chi connectivity index (χ2v) is 6.99. The lowest BCUT2D eigenvalue weighted by molar-refractivity contribution is -0.0643. The SMILES string of the molecule is [2H]C[C@H]1O[C@@H]([3H])C[C@@H]1O[P@]1(=O)OCC[C@H]([C@H]2O[C@@H]([3H])C[C@@H]2C)O1. The molecule has 3 rings (SSSR count). The second kappa shape index (κ2) is 6.03. The zero-order valence-electron chi connectivity index (χ0n) is 14.5. The molecule has 0 aromatic carbocycles. The molecule has 0 aliphatic carbocycles. The number of ether oxygens (including phenoxy) is 2. The second-order valence-electron chi connectivity index (χ2n) is 5.41. The minimum absolute atomic E-state index is 0.0766. The average molecular weight is 311 g/mol. The standard InChI is InChI=1S/C13H23O6P/c1-9-3-6-16-13(9)12-5-8-17-20(14,19-12)18-11-4-7-15-10(11)2/h9-13H,3-8H2,1-2H3/t9-,10+,11-,12+,13-,20-/m0/s1/i2D,6T,7T/t6-,7-,9-,10+,11-,12+,13-,20-. The summed E-state index contributed by atoms with van der Waals surface area (Å²) in [6.07, 6.45) is -0.609. The van der Waals surface area contributed by atoms with Gasteiger partial charge in [-0.15, -0.1) is 0 Å². The summed E-state index contributed by atoms with van der Waals surface area (Å²) in [5.41, 5.74) is 0. The Bertz CT molecular complexity index is 469. The van der Waals surface area contributed by atoms with Crippen molar-refractivity contribution in [1.29, 1.82) is 0 Å². The van der Waals surface area contributed by atoms with Crippen molar-refractivity contribution in [2.24, 2.45) is 5.92 Å². The molecule has 8 atom stereocenters. The maximum absolute atomic E-state index is 12.8. The topological polar surface area (TPSA) is 63.2 Å². The normalized spacial score (nSPS) is 59.0. The molecule has 116 valence electrons. The molecule has 3 fully saturated rings. The van der Waals surface area contributed by atoms with Crippen LogP contribution in [0.4, 0.5) is 0 Å². The van der Waals surface area contributed by atoms with Crippen LogP contribution < -0.4 is 0 Å². The van der Waals surface area contributed by atoms with Crippen LogP contribution in [0.3, 0.4) is 0 Å². The van der Waals surface area contributed by atoms with E-state index >= 15 is 0 Å². The Morgan fingerprint density at radius 1 is 1.35 bits per heavy atom. The van der Waals surface area contributed by atoms with Gasteiger partial charge in [-0.05, 0) is 19.2 Å². The first-order valence-electron chi connectivity index (χ1n) is 8.82. The van der Waals surface area contributed by atoms with Gasteiger partial charge in [0.2, 0.25) is 0 Å². The molecule has 0 unspecified atom stereocenters. The highest BCUT2D eigenvalue weighted by Gasteiger charge is 2.45. The van der Waals surface area contributed by atoms with Crippen LogP contribution in [-0.4, -0.2) is 44.2 Å². The van der Waals surface area contributed by atoms with Crippen molar-refractivity contribution >= 4 is 7.82 Å². The lowest BCUT2D eigenvalue weighted by atomic mass is 9.98. The lowest BCUT2D eigenvalue weighted by Gasteiger charge is -2.34. The molecule has 0 bridgehead atoms. The molecule has 0 aromatic heterocycles. The van der Waals surface area contributed by atoms with Gasteiger partial charge in [-0.1, -0.05) is 6.92 Å². The summed E-state index contributed by atoms with van der Waals surface area (Å²) in [6.45, 7) is 0.759. The highest BCUT2D eigenvalue weighted by atomic mass is 31.2. The number of rotatable bonds is 3. The van der Waals surface area contributed by atoms with E-state index in [9.17, 15) is 4.57 Å². The number of hydrogen-bond donors (Lipinski definition) is 0. The Hall–Kier alpha value is 0.0300. The molecule has 0 radical (unpaired) electrons. The van der Waals surface area contributed by atoms with E-state index in [2.05, 4.69) is 0 Å². The largest absolute Gasteiger partial charge is 0.475 e. The van der Waals surface area contributed by atoms with E-state index in [1.165, 1.54) is 0 Å². The van der Waals surface area contributed by atoms with E-state index in [1.807, 2.05) is 6.92 Å². The van der Waals surface area contributed by atoms with Gasteiger partial charge >= 0.3 is 7.82 Å². The predicted octanol–water partition coefficient (Wildman–Crippen LogP) is 2.52. The van der Waals surface area contributed by atoms with Crippen molar-refractivity contribution in [1.82, 2.24) is 0 Å². The van der Waals surface area contributed by atoms with Gasteiger partial charge in [0, 0.05) is 27.4 Å². The zero-order chi connectivity index (χ0) is 16.6. The third-order valence-electron chi connectivity index (χ3n) is 3.84. The smallest absolute Gasteiger partial charge is 0.376 e. The van der Waals surface area contributed by atoms with Crippen molar-refractivity contribution in [2.45, 2.75) is 57.5 Å². The van der Waals surface area contributed by atoms with E-state index in [4.69, 9.17) is 27.2 Å². The first kappa shape index (κ1) is 11.6. The van der Waals surface area contributed by atoms with Crippen LogP contribution in [0.1, 0.15) is 37.2 Å². The average Bonchev–Trinajstić information content (AvgIpc) is 3.00. The number of hydrogen-bond acceptors (Lipinski definition) is 6. The molecule has 20 heavy (non-hydrogen) atoms. The molecule has 6 nitrogen and oxygen atoms in total. The predicted molar refractivity (Wildman–Crippen MR) is 71.5 cm³/mol. The van der Waals surface area contributed by atoms with Crippen molar-refractivity contribution in [3.8, 4) is 0 Å². The van der Waals surface area contributed by atoms with Gasteiger partial charge in [0.05, 0.1) is 33.8 Å². The molecule has 0 spiro atoms. The van der Waals surface area contributed by atoms with E-state index in [0.717, 1.165) is 0 Å². The molecule has 0 N–H and O–H groups in total. The molecule has 3 aliphatic rings. The van der Waals surface area contributed by atoms with Crippen LogP contribution in [0.5, 0.6) is 0 Å². The minimum Gasteiger partial charge on any atom is -0.376 e.